The van der Waals surface area contributed by atoms with Gasteiger partial charge >= 0.3 is 0 Å². The van der Waals surface area contributed by atoms with Crippen LogP contribution < -0.4 is 9.64 Å². The molecule has 0 fully saturated rings. The van der Waals surface area contributed by atoms with Crippen molar-refractivity contribution in [3.8, 4) is 5.75 Å². The number of aromatic nitrogens is 1. The summed E-state index contributed by atoms with van der Waals surface area (Å²) in [6.07, 6.45) is 1.00. The standard InChI is InChI=1S/C21H22N2O3S/c1-4-14-26-15(3)20(24)23(16-10-12-17(13-11-16)25-5-2)21-22-18-8-6-7-9-19(18)27-21/h4,6-13,15H,1,5,14H2,2-3H3. The van der Waals surface area contributed by atoms with E-state index in [1.807, 2.05) is 55.5 Å². The van der Waals surface area contributed by atoms with Crippen LogP contribution in [-0.2, 0) is 9.53 Å². The minimum absolute atomic E-state index is 0.180. The largest absolute Gasteiger partial charge is 0.494 e. The number of anilines is 2. The van der Waals surface area contributed by atoms with Crippen molar-refractivity contribution in [1.29, 1.82) is 0 Å². The van der Waals surface area contributed by atoms with Crippen LogP contribution in [0.3, 0.4) is 0 Å². The van der Waals surface area contributed by atoms with Crippen molar-refractivity contribution < 1.29 is 14.3 Å². The Morgan fingerprint density at radius 1 is 1.26 bits per heavy atom. The van der Waals surface area contributed by atoms with Gasteiger partial charge in [-0.15, -0.1) is 6.58 Å². The molecule has 0 aliphatic carbocycles. The molecule has 0 radical (unpaired) electrons. The van der Waals surface area contributed by atoms with Crippen LogP contribution in [0.15, 0.2) is 61.2 Å². The molecule has 140 valence electrons. The third-order valence-electron chi connectivity index (χ3n) is 3.91. The number of thiazole rings is 1. The fourth-order valence-electron chi connectivity index (χ4n) is 2.61. The molecule has 0 saturated heterocycles. The van der Waals surface area contributed by atoms with Crippen molar-refractivity contribution in [1.82, 2.24) is 4.98 Å². The number of para-hydroxylation sites is 1. The van der Waals surface area contributed by atoms with Crippen molar-refractivity contribution in [2.45, 2.75) is 20.0 Å². The maximum absolute atomic E-state index is 13.1. The Morgan fingerprint density at radius 3 is 2.67 bits per heavy atom. The average Bonchev–Trinajstić information content (AvgIpc) is 3.11. The smallest absolute Gasteiger partial charge is 0.262 e. The molecule has 3 aromatic rings. The van der Waals surface area contributed by atoms with Gasteiger partial charge in [-0.05, 0) is 50.2 Å². The summed E-state index contributed by atoms with van der Waals surface area (Å²) in [6.45, 7) is 8.20. The zero-order valence-electron chi connectivity index (χ0n) is 15.4. The van der Waals surface area contributed by atoms with E-state index in [9.17, 15) is 4.79 Å². The number of nitrogens with zero attached hydrogens (tertiary/aromatic N) is 2. The molecule has 2 aromatic carbocycles. The van der Waals surface area contributed by atoms with Crippen molar-refractivity contribution in [2.75, 3.05) is 18.1 Å². The lowest BCUT2D eigenvalue weighted by molar-refractivity contribution is -0.127. The first-order valence-electron chi connectivity index (χ1n) is 8.79. The Bertz CT molecular complexity index is 888. The lowest BCUT2D eigenvalue weighted by atomic mass is 10.2. The number of carbonyl (C=O) groups excluding carboxylic acids is 1. The van der Waals surface area contributed by atoms with Crippen LogP contribution in [0.1, 0.15) is 13.8 Å². The van der Waals surface area contributed by atoms with Crippen molar-refractivity contribution >= 4 is 38.3 Å². The Hall–Kier alpha value is -2.70. The third kappa shape index (κ3) is 4.35. The molecule has 0 bridgehead atoms. The first-order chi connectivity index (χ1) is 13.1. The van der Waals surface area contributed by atoms with Crippen molar-refractivity contribution in [3.05, 3.63) is 61.2 Å². The Labute approximate surface area is 162 Å². The number of benzene rings is 2. The molecule has 6 heteroatoms. The van der Waals surface area contributed by atoms with E-state index in [4.69, 9.17) is 9.47 Å². The van der Waals surface area contributed by atoms with Gasteiger partial charge in [0, 0.05) is 0 Å². The molecule has 5 nitrogen and oxygen atoms in total. The fourth-order valence-corrected chi connectivity index (χ4v) is 3.60. The molecule has 0 spiro atoms. The van der Waals surface area contributed by atoms with Gasteiger partial charge in [-0.1, -0.05) is 29.5 Å². The summed E-state index contributed by atoms with van der Waals surface area (Å²) in [5.41, 5.74) is 1.58. The minimum atomic E-state index is -0.624. The summed E-state index contributed by atoms with van der Waals surface area (Å²) >= 11 is 1.47. The molecule has 0 aliphatic rings. The van der Waals surface area contributed by atoms with Crippen LogP contribution in [0.4, 0.5) is 10.8 Å². The molecule has 1 heterocycles. The second kappa shape index (κ2) is 8.79. The summed E-state index contributed by atoms with van der Waals surface area (Å²) in [6, 6.07) is 15.2. The van der Waals surface area contributed by atoms with Gasteiger partial charge in [0.1, 0.15) is 11.9 Å². The number of fused-ring (bicyclic) bond motifs is 1. The molecular weight excluding hydrogens is 360 g/mol. The second-order valence-electron chi connectivity index (χ2n) is 5.83. The van der Waals surface area contributed by atoms with Gasteiger partial charge in [0.05, 0.1) is 29.1 Å². The topological polar surface area (TPSA) is 51.7 Å². The van der Waals surface area contributed by atoms with Crippen LogP contribution in [0.25, 0.3) is 10.2 Å². The molecule has 1 aromatic heterocycles. The normalized spacial score (nSPS) is 11.9. The van der Waals surface area contributed by atoms with Crippen molar-refractivity contribution in [3.63, 3.8) is 0 Å². The number of amides is 1. The van der Waals surface area contributed by atoms with Gasteiger partial charge in [-0.2, -0.15) is 0 Å². The second-order valence-corrected chi connectivity index (χ2v) is 6.84. The highest BCUT2D eigenvalue weighted by Gasteiger charge is 2.26. The van der Waals surface area contributed by atoms with Gasteiger partial charge in [-0.25, -0.2) is 4.98 Å². The maximum Gasteiger partial charge on any atom is 0.262 e. The van der Waals surface area contributed by atoms with E-state index < -0.39 is 6.10 Å². The summed E-state index contributed by atoms with van der Waals surface area (Å²) in [7, 11) is 0. The van der Waals surface area contributed by atoms with E-state index in [2.05, 4.69) is 11.6 Å². The monoisotopic (exact) mass is 382 g/mol. The first-order valence-corrected chi connectivity index (χ1v) is 9.60. The highest BCUT2D eigenvalue weighted by molar-refractivity contribution is 7.22. The van der Waals surface area contributed by atoms with Crippen molar-refractivity contribution in [2.24, 2.45) is 0 Å². The lowest BCUT2D eigenvalue weighted by Crippen LogP contribution is -2.36. The molecule has 1 atom stereocenters. The zero-order chi connectivity index (χ0) is 19.2. The summed E-state index contributed by atoms with van der Waals surface area (Å²) in [5, 5.41) is 0.611. The summed E-state index contributed by atoms with van der Waals surface area (Å²) in [5.74, 6) is 0.578. The quantitative estimate of drug-likeness (QED) is 0.517. The van der Waals surface area contributed by atoms with Crippen LogP contribution in [0.2, 0.25) is 0 Å². The third-order valence-corrected chi connectivity index (χ3v) is 4.93. The number of carbonyl (C=O) groups is 1. The van der Waals surface area contributed by atoms with Crippen LogP contribution in [0.5, 0.6) is 5.75 Å². The molecule has 1 amide bonds. The Kier molecular flexibility index (Phi) is 6.21. The molecule has 3 rings (SSSR count). The summed E-state index contributed by atoms with van der Waals surface area (Å²) in [4.78, 5) is 19.4. The SMILES string of the molecule is C=CCOC(C)C(=O)N(c1ccc(OCC)cc1)c1nc2ccccc2s1. The van der Waals surface area contributed by atoms with Gasteiger partial charge < -0.3 is 9.47 Å². The van der Waals surface area contributed by atoms with E-state index in [-0.39, 0.29) is 5.91 Å². The maximum atomic E-state index is 13.1. The van der Waals surface area contributed by atoms with E-state index in [1.54, 1.807) is 17.9 Å². The first kappa shape index (κ1) is 19.1. The van der Waals surface area contributed by atoms with Gasteiger partial charge in [-0.3, -0.25) is 9.69 Å². The minimum Gasteiger partial charge on any atom is -0.494 e. The number of hydrogen-bond acceptors (Lipinski definition) is 5. The highest BCUT2D eigenvalue weighted by Crippen LogP contribution is 2.34. The molecule has 0 N–H and O–H groups in total. The molecule has 1 unspecified atom stereocenters. The number of hydrogen-bond donors (Lipinski definition) is 0. The summed E-state index contributed by atoms with van der Waals surface area (Å²) < 4.78 is 12.1. The van der Waals surface area contributed by atoms with E-state index in [0.29, 0.717) is 18.3 Å². The van der Waals surface area contributed by atoms with E-state index in [1.165, 1.54) is 11.3 Å². The number of rotatable bonds is 8. The van der Waals surface area contributed by atoms with Gasteiger partial charge in [0.15, 0.2) is 5.13 Å². The van der Waals surface area contributed by atoms with E-state index in [0.717, 1.165) is 21.7 Å². The Morgan fingerprint density at radius 2 is 2.00 bits per heavy atom. The van der Waals surface area contributed by atoms with Gasteiger partial charge in [0.2, 0.25) is 0 Å². The zero-order valence-corrected chi connectivity index (χ0v) is 16.2. The molecule has 0 aliphatic heterocycles. The molecule has 0 saturated carbocycles. The average molecular weight is 382 g/mol. The van der Waals surface area contributed by atoms with Gasteiger partial charge in [0.25, 0.3) is 5.91 Å². The van der Waals surface area contributed by atoms with Crippen LogP contribution >= 0.6 is 11.3 Å². The fraction of sp³-hybridized carbons (Fsp3) is 0.238. The molecular formula is C21H22N2O3S. The highest BCUT2D eigenvalue weighted by atomic mass is 32.1. The Balaban J connectivity index is 1.99. The number of ether oxygens (including phenoxy) is 2. The predicted octanol–water partition coefficient (Wildman–Crippen LogP) is 4.95. The lowest BCUT2D eigenvalue weighted by Gasteiger charge is -2.23. The molecule has 27 heavy (non-hydrogen) atoms. The van der Waals surface area contributed by atoms with Crippen LogP contribution in [0, 0.1) is 0 Å². The van der Waals surface area contributed by atoms with Crippen LogP contribution in [-0.4, -0.2) is 30.2 Å². The predicted molar refractivity (Wildman–Crippen MR) is 110 cm³/mol. The van der Waals surface area contributed by atoms with E-state index >= 15 is 0 Å².